The van der Waals surface area contributed by atoms with Crippen LogP contribution in [0.1, 0.15) is 23.7 Å². The van der Waals surface area contributed by atoms with Crippen LogP contribution in [0, 0.1) is 0 Å². The lowest BCUT2D eigenvalue weighted by atomic mass is 10.1. The minimum atomic E-state index is -0.134. The fraction of sp³-hybridized carbons (Fsp3) is 0.300. The molecule has 0 saturated heterocycles. The van der Waals surface area contributed by atoms with Crippen LogP contribution < -0.4 is 15.5 Å². The Balaban J connectivity index is 2.06. The zero-order valence-corrected chi connectivity index (χ0v) is 16.2. The molecule has 0 aliphatic heterocycles. The molecule has 2 amide bonds. The number of rotatable bonds is 8. The van der Waals surface area contributed by atoms with Crippen LogP contribution in [-0.2, 0) is 4.79 Å². The van der Waals surface area contributed by atoms with Crippen LogP contribution in [0.2, 0.25) is 0 Å². The van der Waals surface area contributed by atoms with E-state index in [1.54, 1.807) is 6.07 Å². The van der Waals surface area contributed by atoms with Gasteiger partial charge in [-0.1, -0.05) is 25.1 Å². The van der Waals surface area contributed by atoms with Crippen LogP contribution >= 0.6 is 11.8 Å². The summed E-state index contributed by atoms with van der Waals surface area (Å²) in [5, 5.41) is 5.76. The fourth-order valence-corrected chi connectivity index (χ4v) is 3.10. The molecule has 0 unspecified atom stereocenters. The van der Waals surface area contributed by atoms with Crippen molar-refractivity contribution in [2.24, 2.45) is 0 Å². The second kappa shape index (κ2) is 9.87. The van der Waals surface area contributed by atoms with E-state index in [4.69, 9.17) is 0 Å². The number of hydrogen-bond donors (Lipinski definition) is 2. The third-order valence-corrected chi connectivity index (χ3v) is 4.67. The van der Waals surface area contributed by atoms with Gasteiger partial charge in [-0.15, -0.1) is 11.8 Å². The zero-order chi connectivity index (χ0) is 18.9. The molecule has 138 valence electrons. The van der Waals surface area contributed by atoms with Crippen LogP contribution in [0.5, 0.6) is 0 Å². The molecule has 2 aromatic carbocycles. The summed E-state index contributed by atoms with van der Waals surface area (Å²) < 4.78 is 0. The molecular weight excluding hydrogens is 346 g/mol. The van der Waals surface area contributed by atoms with Crippen LogP contribution in [0.4, 0.5) is 11.4 Å². The van der Waals surface area contributed by atoms with Crippen molar-refractivity contribution in [1.29, 1.82) is 0 Å². The minimum Gasteiger partial charge on any atom is -0.377 e. The van der Waals surface area contributed by atoms with Gasteiger partial charge in [0.05, 0.1) is 11.3 Å². The topological polar surface area (TPSA) is 61.4 Å². The van der Waals surface area contributed by atoms with Gasteiger partial charge in [0.25, 0.3) is 5.91 Å². The van der Waals surface area contributed by atoms with Gasteiger partial charge in [-0.3, -0.25) is 9.59 Å². The Bertz CT molecular complexity index is 748. The third-order valence-electron chi connectivity index (χ3n) is 3.66. The Kier molecular flexibility index (Phi) is 7.53. The number of carbonyl (C=O) groups is 2. The lowest BCUT2D eigenvalue weighted by Crippen LogP contribution is -2.26. The van der Waals surface area contributed by atoms with Gasteiger partial charge in [-0.25, -0.2) is 0 Å². The second-order valence-corrected chi connectivity index (χ2v) is 7.08. The normalized spacial score (nSPS) is 10.3. The first kappa shape index (κ1) is 19.8. The highest BCUT2D eigenvalue weighted by atomic mass is 32.2. The molecule has 0 saturated carbocycles. The standard InChI is InChI=1S/C20H25N3O2S/c1-4-12-21-20(25)17-13-15(10-11-18(17)23(2)3)22-19(24)14-26-16-8-6-5-7-9-16/h5-11,13H,4,12,14H2,1-3H3,(H,21,25)(H,22,24). The van der Waals surface area contributed by atoms with Gasteiger partial charge in [0.15, 0.2) is 0 Å². The van der Waals surface area contributed by atoms with Crippen molar-refractivity contribution in [3.8, 4) is 0 Å². The summed E-state index contributed by atoms with van der Waals surface area (Å²) in [6.07, 6.45) is 0.871. The van der Waals surface area contributed by atoms with Crippen molar-refractivity contribution >= 4 is 35.0 Å². The molecule has 0 heterocycles. The molecule has 2 N–H and O–H groups in total. The van der Waals surface area contributed by atoms with Crippen molar-refractivity contribution < 1.29 is 9.59 Å². The Morgan fingerprint density at radius 1 is 1.08 bits per heavy atom. The molecule has 0 atom stereocenters. The zero-order valence-electron chi connectivity index (χ0n) is 15.4. The molecule has 2 rings (SSSR count). The summed E-state index contributed by atoms with van der Waals surface area (Å²) in [7, 11) is 3.78. The molecule has 0 bridgehead atoms. The van der Waals surface area contributed by atoms with Crippen molar-refractivity contribution in [1.82, 2.24) is 5.32 Å². The second-order valence-electron chi connectivity index (χ2n) is 6.03. The number of nitrogens with one attached hydrogen (secondary N) is 2. The largest absolute Gasteiger partial charge is 0.377 e. The van der Waals surface area contributed by atoms with Gasteiger partial charge in [0, 0.05) is 36.9 Å². The predicted octanol–water partition coefficient (Wildman–Crippen LogP) is 3.62. The molecule has 0 aliphatic carbocycles. The molecule has 0 radical (unpaired) electrons. The summed E-state index contributed by atoms with van der Waals surface area (Å²) in [6.45, 7) is 2.63. The van der Waals surface area contributed by atoms with Gasteiger partial charge in [0.1, 0.15) is 0 Å². The molecule has 0 fully saturated rings. The average Bonchev–Trinajstić information content (AvgIpc) is 2.65. The molecule has 0 aliphatic rings. The maximum atomic E-state index is 12.4. The SMILES string of the molecule is CCCNC(=O)c1cc(NC(=O)CSc2ccccc2)ccc1N(C)C. The highest BCUT2D eigenvalue weighted by Crippen LogP contribution is 2.24. The van der Waals surface area contributed by atoms with Gasteiger partial charge < -0.3 is 15.5 Å². The Labute approximate surface area is 159 Å². The van der Waals surface area contributed by atoms with Crippen LogP contribution in [0.15, 0.2) is 53.4 Å². The summed E-state index contributed by atoms with van der Waals surface area (Å²) in [5.74, 6) is 0.0817. The first-order valence-corrected chi connectivity index (χ1v) is 9.57. The first-order chi connectivity index (χ1) is 12.5. The van der Waals surface area contributed by atoms with Gasteiger partial charge in [0.2, 0.25) is 5.91 Å². The minimum absolute atomic E-state index is 0.101. The number of hydrogen-bond acceptors (Lipinski definition) is 4. The molecular formula is C20H25N3O2S. The van der Waals surface area contributed by atoms with E-state index in [0.717, 1.165) is 17.0 Å². The number of anilines is 2. The number of thioether (sulfide) groups is 1. The summed E-state index contributed by atoms with van der Waals surface area (Å²) >= 11 is 1.48. The van der Waals surface area contributed by atoms with Gasteiger partial charge in [-0.2, -0.15) is 0 Å². The molecule has 5 nitrogen and oxygen atoms in total. The first-order valence-electron chi connectivity index (χ1n) is 8.58. The van der Waals surface area contributed by atoms with Crippen molar-refractivity contribution in [3.05, 3.63) is 54.1 Å². The highest BCUT2D eigenvalue weighted by Gasteiger charge is 2.14. The predicted molar refractivity (Wildman–Crippen MR) is 109 cm³/mol. The monoisotopic (exact) mass is 371 g/mol. The van der Waals surface area contributed by atoms with E-state index in [-0.39, 0.29) is 11.8 Å². The lowest BCUT2D eigenvalue weighted by Gasteiger charge is -2.18. The number of benzene rings is 2. The van der Waals surface area contributed by atoms with Crippen LogP contribution in [0.25, 0.3) is 0 Å². The number of nitrogens with zero attached hydrogens (tertiary/aromatic N) is 1. The number of amides is 2. The molecule has 26 heavy (non-hydrogen) atoms. The Morgan fingerprint density at radius 3 is 2.46 bits per heavy atom. The maximum Gasteiger partial charge on any atom is 0.253 e. The number of carbonyl (C=O) groups excluding carboxylic acids is 2. The summed E-state index contributed by atoms with van der Waals surface area (Å²) in [6, 6.07) is 15.2. The average molecular weight is 372 g/mol. The van der Waals surface area contributed by atoms with Crippen LogP contribution in [0.3, 0.4) is 0 Å². The van der Waals surface area contributed by atoms with Gasteiger partial charge in [-0.05, 0) is 36.8 Å². The fourth-order valence-electron chi connectivity index (χ4n) is 2.38. The maximum absolute atomic E-state index is 12.4. The Hall–Kier alpha value is -2.47. The van der Waals surface area contributed by atoms with E-state index in [9.17, 15) is 9.59 Å². The van der Waals surface area contributed by atoms with Crippen molar-refractivity contribution in [2.45, 2.75) is 18.2 Å². The smallest absolute Gasteiger partial charge is 0.253 e. The molecule has 2 aromatic rings. The van der Waals surface area contributed by atoms with E-state index in [1.807, 2.05) is 68.4 Å². The summed E-state index contributed by atoms with van der Waals surface area (Å²) in [5.41, 5.74) is 1.99. The van der Waals surface area contributed by atoms with E-state index < -0.39 is 0 Å². The summed E-state index contributed by atoms with van der Waals surface area (Å²) in [4.78, 5) is 27.6. The molecule has 6 heteroatoms. The van der Waals surface area contributed by atoms with Crippen LogP contribution in [-0.4, -0.2) is 38.2 Å². The third kappa shape index (κ3) is 5.81. The van der Waals surface area contributed by atoms with Crippen molar-refractivity contribution in [2.75, 3.05) is 36.6 Å². The molecule has 0 aromatic heterocycles. The quantitative estimate of drug-likeness (QED) is 0.696. The highest BCUT2D eigenvalue weighted by molar-refractivity contribution is 8.00. The van der Waals surface area contributed by atoms with E-state index in [1.165, 1.54) is 11.8 Å². The van der Waals surface area contributed by atoms with E-state index >= 15 is 0 Å². The Morgan fingerprint density at radius 2 is 1.81 bits per heavy atom. The van der Waals surface area contributed by atoms with Crippen molar-refractivity contribution in [3.63, 3.8) is 0 Å². The molecule has 0 spiro atoms. The lowest BCUT2D eigenvalue weighted by molar-refractivity contribution is -0.113. The van der Waals surface area contributed by atoms with Gasteiger partial charge >= 0.3 is 0 Å². The van der Waals surface area contributed by atoms with E-state index in [2.05, 4.69) is 10.6 Å². The van der Waals surface area contributed by atoms with E-state index in [0.29, 0.717) is 23.5 Å².